The van der Waals surface area contributed by atoms with Crippen molar-refractivity contribution in [3.05, 3.63) is 27.4 Å². The molecule has 18 heavy (non-hydrogen) atoms. The molecule has 6 heteroatoms. The summed E-state index contributed by atoms with van der Waals surface area (Å²) in [6.45, 7) is 0. The van der Waals surface area contributed by atoms with Crippen molar-refractivity contribution in [2.24, 2.45) is 0 Å². The van der Waals surface area contributed by atoms with Crippen molar-refractivity contribution in [3.8, 4) is 0 Å². The molecule has 1 aliphatic rings. The fourth-order valence-corrected chi connectivity index (χ4v) is 2.74. The van der Waals surface area contributed by atoms with Gasteiger partial charge in [-0.25, -0.2) is 4.79 Å². The zero-order chi connectivity index (χ0) is 13.2. The number of carboxylic acid groups (broad SMARTS) is 1. The normalized spacial score (nSPS) is 17.4. The van der Waals surface area contributed by atoms with E-state index in [1.54, 1.807) is 18.2 Å². The Morgan fingerprint density at radius 3 is 2.61 bits per heavy atom. The Balaban J connectivity index is 1.96. The molecule has 0 saturated heterocycles. The van der Waals surface area contributed by atoms with E-state index in [0.717, 1.165) is 11.3 Å². The highest BCUT2D eigenvalue weighted by Crippen LogP contribution is 2.32. The number of rotatable bonds is 4. The van der Waals surface area contributed by atoms with Gasteiger partial charge in [-0.05, 0) is 37.5 Å². The maximum absolute atomic E-state index is 11.6. The fraction of sp³-hybridized carbons (Fsp3) is 0.333. The average molecular weight is 286 g/mol. The molecule has 1 fully saturated rings. The lowest BCUT2D eigenvalue weighted by atomic mass is 9.77. The van der Waals surface area contributed by atoms with Crippen molar-refractivity contribution in [2.75, 3.05) is 0 Å². The van der Waals surface area contributed by atoms with Crippen LogP contribution in [0.1, 0.15) is 24.1 Å². The molecular formula is C12H12ClNO3S. The third kappa shape index (κ3) is 2.73. The van der Waals surface area contributed by atoms with Gasteiger partial charge >= 0.3 is 5.97 Å². The largest absolute Gasteiger partial charge is 0.480 e. The maximum Gasteiger partial charge on any atom is 0.329 e. The summed E-state index contributed by atoms with van der Waals surface area (Å²) in [4.78, 5) is 23.6. The molecule has 0 aromatic carbocycles. The van der Waals surface area contributed by atoms with Crippen LogP contribution >= 0.6 is 22.9 Å². The second-order valence-electron chi connectivity index (χ2n) is 4.21. The first-order valence-corrected chi connectivity index (χ1v) is 6.70. The predicted octanol–water partition coefficient (Wildman–Crippen LogP) is 2.54. The Kier molecular flexibility index (Phi) is 3.73. The van der Waals surface area contributed by atoms with Crippen LogP contribution in [0.5, 0.6) is 0 Å². The van der Waals surface area contributed by atoms with Crippen LogP contribution in [0.3, 0.4) is 0 Å². The van der Waals surface area contributed by atoms with Gasteiger partial charge in [0, 0.05) is 11.0 Å². The van der Waals surface area contributed by atoms with Gasteiger partial charge in [0.15, 0.2) is 0 Å². The lowest BCUT2D eigenvalue weighted by Crippen LogP contribution is -2.58. The van der Waals surface area contributed by atoms with Crippen molar-refractivity contribution in [1.82, 2.24) is 5.32 Å². The summed E-state index contributed by atoms with van der Waals surface area (Å²) in [5.74, 6) is -1.35. The van der Waals surface area contributed by atoms with Gasteiger partial charge in [0.25, 0.3) is 0 Å². The van der Waals surface area contributed by atoms with Crippen molar-refractivity contribution >= 4 is 40.9 Å². The third-order valence-electron chi connectivity index (χ3n) is 2.97. The minimum absolute atomic E-state index is 0.387. The number of hydrogen-bond donors (Lipinski definition) is 2. The lowest BCUT2D eigenvalue weighted by Gasteiger charge is -2.37. The number of carbonyl (C=O) groups excluding carboxylic acids is 1. The molecule has 1 aromatic rings. The smallest absolute Gasteiger partial charge is 0.329 e. The Labute approximate surface area is 113 Å². The van der Waals surface area contributed by atoms with Crippen LogP contribution in [0.4, 0.5) is 0 Å². The average Bonchev–Trinajstić information content (AvgIpc) is 2.66. The van der Waals surface area contributed by atoms with E-state index in [0.29, 0.717) is 17.2 Å². The van der Waals surface area contributed by atoms with E-state index in [1.807, 2.05) is 0 Å². The van der Waals surface area contributed by atoms with Gasteiger partial charge in [0.2, 0.25) is 5.91 Å². The van der Waals surface area contributed by atoms with E-state index in [4.69, 9.17) is 16.7 Å². The molecular weight excluding hydrogens is 274 g/mol. The van der Waals surface area contributed by atoms with E-state index in [1.165, 1.54) is 17.4 Å². The van der Waals surface area contributed by atoms with Crippen LogP contribution in [-0.2, 0) is 9.59 Å². The van der Waals surface area contributed by atoms with Crippen LogP contribution in [0.2, 0.25) is 4.34 Å². The molecule has 0 unspecified atom stereocenters. The van der Waals surface area contributed by atoms with Crippen LogP contribution in [0.15, 0.2) is 18.2 Å². The fourth-order valence-electron chi connectivity index (χ4n) is 1.78. The van der Waals surface area contributed by atoms with Crippen molar-refractivity contribution in [3.63, 3.8) is 0 Å². The van der Waals surface area contributed by atoms with Gasteiger partial charge in [-0.3, -0.25) is 4.79 Å². The molecule has 2 rings (SSSR count). The zero-order valence-electron chi connectivity index (χ0n) is 9.48. The molecule has 0 spiro atoms. The highest BCUT2D eigenvalue weighted by Gasteiger charge is 2.45. The van der Waals surface area contributed by atoms with Gasteiger partial charge in [-0.1, -0.05) is 11.6 Å². The molecule has 0 radical (unpaired) electrons. The third-order valence-corrected chi connectivity index (χ3v) is 4.17. The number of carboxylic acids is 1. The summed E-state index contributed by atoms with van der Waals surface area (Å²) >= 11 is 7.12. The molecule has 1 aromatic heterocycles. The topological polar surface area (TPSA) is 66.4 Å². The van der Waals surface area contributed by atoms with Crippen LogP contribution in [0, 0.1) is 0 Å². The van der Waals surface area contributed by atoms with Crippen LogP contribution in [0.25, 0.3) is 6.08 Å². The summed E-state index contributed by atoms with van der Waals surface area (Å²) in [6.07, 6.45) is 4.78. The Bertz CT molecular complexity index is 505. The van der Waals surface area contributed by atoms with Gasteiger partial charge in [0.05, 0.1) is 4.34 Å². The molecule has 0 aliphatic heterocycles. The number of nitrogens with one attached hydrogen (secondary N) is 1. The minimum atomic E-state index is -1.06. The van der Waals surface area contributed by atoms with E-state index < -0.39 is 11.5 Å². The zero-order valence-corrected chi connectivity index (χ0v) is 11.1. The van der Waals surface area contributed by atoms with Gasteiger partial charge in [-0.2, -0.15) is 0 Å². The van der Waals surface area contributed by atoms with E-state index in [2.05, 4.69) is 5.32 Å². The highest BCUT2D eigenvalue weighted by atomic mass is 35.5. The van der Waals surface area contributed by atoms with Gasteiger partial charge in [0.1, 0.15) is 5.54 Å². The molecule has 0 atom stereocenters. The Hall–Kier alpha value is -1.33. The summed E-state index contributed by atoms with van der Waals surface area (Å²) in [5.41, 5.74) is -1.06. The first kappa shape index (κ1) is 13.1. The second kappa shape index (κ2) is 5.12. The number of amides is 1. The number of aliphatic carboxylic acids is 1. The van der Waals surface area contributed by atoms with Crippen molar-refractivity contribution in [1.29, 1.82) is 0 Å². The molecule has 96 valence electrons. The van der Waals surface area contributed by atoms with E-state index >= 15 is 0 Å². The highest BCUT2D eigenvalue weighted by molar-refractivity contribution is 7.17. The Morgan fingerprint density at radius 2 is 2.17 bits per heavy atom. The maximum atomic E-state index is 11.6. The Morgan fingerprint density at radius 1 is 1.44 bits per heavy atom. The van der Waals surface area contributed by atoms with E-state index in [-0.39, 0.29) is 5.91 Å². The minimum Gasteiger partial charge on any atom is -0.480 e. The van der Waals surface area contributed by atoms with Crippen LogP contribution in [-0.4, -0.2) is 22.5 Å². The van der Waals surface area contributed by atoms with Crippen molar-refractivity contribution < 1.29 is 14.7 Å². The molecule has 2 N–H and O–H groups in total. The summed E-state index contributed by atoms with van der Waals surface area (Å²) in [6, 6.07) is 3.54. The van der Waals surface area contributed by atoms with Gasteiger partial charge in [-0.15, -0.1) is 11.3 Å². The number of hydrogen-bond acceptors (Lipinski definition) is 3. The lowest BCUT2D eigenvalue weighted by molar-refractivity contribution is -0.151. The van der Waals surface area contributed by atoms with E-state index in [9.17, 15) is 9.59 Å². The number of carbonyl (C=O) groups is 2. The first-order chi connectivity index (χ1) is 8.52. The predicted molar refractivity (Wildman–Crippen MR) is 70.7 cm³/mol. The quantitative estimate of drug-likeness (QED) is 0.836. The molecule has 1 amide bonds. The molecule has 4 nitrogen and oxygen atoms in total. The molecule has 0 bridgehead atoms. The van der Waals surface area contributed by atoms with Crippen LogP contribution < -0.4 is 5.32 Å². The SMILES string of the molecule is O=C(/C=C/c1ccc(Cl)s1)NC1(C(=O)O)CCC1. The summed E-state index contributed by atoms with van der Waals surface area (Å²) < 4.78 is 0.649. The van der Waals surface area contributed by atoms with Gasteiger partial charge < -0.3 is 10.4 Å². The molecule has 1 heterocycles. The summed E-state index contributed by atoms with van der Waals surface area (Å²) in [5, 5.41) is 11.6. The monoisotopic (exact) mass is 285 g/mol. The number of thiophene rings is 1. The molecule has 1 saturated carbocycles. The standard InChI is InChI=1S/C12H12ClNO3S/c13-9-4-2-8(18-9)3-5-10(15)14-12(11(16)17)6-1-7-12/h2-5H,1,6-7H2,(H,14,15)(H,16,17)/b5-3+. The summed E-state index contributed by atoms with van der Waals surface area (Å²) in [7, 11) is 0. The number of halogens is 1. The molecule has 1 aliphatic carbocycles. The first-order valence-electron chi connectivity index (χ1n) is 5.51. The second-order valence-corrected chi connectivity index (χ2v) is 5.95. The van der Waals surface area contributed by atoms with Crippen molar-refractivity contribution in [2.45, 2.75) is 24.8 Å².